The molecule has 0 aliphatic carbocycles. The van der Waals surface area contributed by atoms with Gasteiger partial charge in [-0.15, -0.1) is 0 Å². The molecule has 4 rings (SSSR count). The second-order valence-corrected chi connectivity index (χ2v) is 11.9. The van der Waals surface area contributed by atoms with Gasteiger partial charge in [0.25, 0.3) is 11.8 Å². The third-order valence-corrected chi connectivity index (χ3v) is 8.04. The summed E-state index contributed by atoms with van der Waals surface area (Å²) in [5.74, 6) is -0.142. The van der Waals surface area contributed by atoms with Crippen LogP contribution in [0.1, 0.15) is 61.3 Å². The van der Waals surface area contributed by atoms with Crippen molar-refractivity contribution in [2.75, 3.05) is 49.6 Å². The lowest BCUT2D eigenvalue weighted by atomic mass is 9.77. The minimum absolute atomic E-state index is 0.0392. The monoisotopic (exact) mass is 586 g/mol. The fraction of sp³-hybridized carbons (Fsp3) is 0.536. The molecule has 1 aromatic heterocycles. The maximum atomic E-state index is 13.7. The molecule has 2 aliphatic heterocycles. The van der Waals surface area contributed by atoms with E-state index >= 15 is 0 Å². The Bertz CT molecular complexity index is 1180. The lowest BCUT2D eigenvalue weighted by molar-refractivity contribution is -0.0585. The number of morpholine rings is 1. The summed E-state index contributed by atoms with van der Waals surface area (Å²) in [7, 11) is 1.81. The van der Waals surface area contributed by atoms with Crippen molar-refractivity contribution in [2.45, 2.75) is 58.8 Å². The molecule has 2 fully saturated rings. The standard InChI is InChI=1S/C28H39BrN6O3/c1-6-28(4)10-22(15-35(16-28)26(36)19-7-21(31-5)12-32-11-19)33-25-23(8-20(29)9-24(25)30)27(37)34-13-17(2)38-18(3)14-34/h7-9,11-12,17-18,22,31,33H,6,10,13-16,30H2,1-5H3/t17-,18+,22?,28?. The highest BCUT2D eigenvalue weighted by Gasteiger charge is 2.38. The van der Waals surface area contributed by atoms with Gasteiger partial charge in [-0.3, -0.25) is 14.6 Å². The van der Waals surface area contributed by atoms with Crippen LogP contribution in [-0.2, 0) is 4.74 Å². The van der Waals surface area contributed by atoms with E-state index in [0.717, 1.165) is 23.0 Å². The van der Waals surface area contributed by atoms with E-state index in [1.54, 1.807) is 19.4 Å². The highest BCUT2D eigenvalue weighted by molar-refractivity contribution is 9.10. The Morgan fingerprint density at radius 2 is 1.84 bits per heavy atom. The van der Waals surface area contributed by atoms with E-state index in [-0.39, 0.29) is 35.5 Å². The van der Waals surface area contributed by atoms with E-state index in [1.807, 2.05) is 41.8 Å². The number of ether oxygens (including phenoxy) is 1. The minimum Gasteiger partial charge on any atom is -0.397 e. The van der Waals surface area contributed by atoms with Crippen LogP contribution in [0.5, 0.6) is 0 Å². The number of nitrogens with one attached hydrogen (secondary N) is 2. The van der Waals surface area contributed by atoms with Crippen LogP contribution in [0.2, 0.25) is 0 Å². The number of nitrogens with zero attached hydrogens (tertiary/aromatic N) is 3. The second kappa shape index (κ2) is 11.5. The van der Waals surface area contributed by atoms with Gasteiger partial charge in [-0.05, 0) is 50.3 Å². The largest absolute Gasteiger partial charge is 0.397 e. The molecule has 9 nitrogen and oxygen atoms in total. The van der Waals surface area contributed by atoms with E-state index in [0.29, 0.717) is 48.7 Å². The van der Waals surface area contributed by atoms with Crippen LogP contribution in [0.3, 0.4) is 0 Å². The number of pyridine rings is 1. The maximum absolute atomic E-state index is 13.7. The number of nitrogen functional groups attached to an aromatic ring is 1. The van der Waals surface area contributed by atoms with Gasteiger partial charge in [-0.25, -0.2) is 0 Å². The van der Waals surface area contributed by atoms with Gasteiger partial charge in [0, 0.05) is 56.1 Å². The van der Waals surface area contributed by atoms with Gasteiger partial charge in [0.1, 0.15) is 0 Å². The molecule has 3 heterocycles. The molecule has 10 heteroatoms. The van der Waals surface area contributed by atoms with Crippen molar-refractivity contribution in [1.82, 2.24) is 14.8 Å². The van der Waals surface area contributed by atoms with E-state index in [9.17, 15) is 9.59 Å². The number of hydrogen-bond acceptors (Lipinski definition) is 7. The average molecular weight is 588 g/mol. The van der Waals surface area contributed by atoms with Crippen LogP contribution in [0, 0.1) is 5.41 Å². The van der Waals surface area contributed by atoms with Gasteiger partial charge in [0.05, 0.1) is 40.4 Å². The summed E-state index contributed by atoms with van der Waals surface area (Å²) < 4.78 is 6.58. The Balaban J connectivity index is 1.62. The summed E-state index contributed by atoms with van der Waals surface area (Å²) in [6.07, 6.45) is 4.98. The van der Waals surface area contributed by atoms with Gasteiger partial charge in [0.15, 0.2) is 0 Å². The van der Waals surface area contributed by atoms with Crippen molar-refractivity contribution in [1.29, 1.82) is 0 Å². The summed E-state index contributed by atoms with van der Waals surface area (Å²) in [4.78, 5) is 35.2. The normalized spacial score (nSPS) is 25.7. The number of halogens is 1. The number of likely N-dealkylation sites (tertiary alicyclic amines) is 1. The second-order valence-electron chi connectivity index (χ2n) is 11.0. The number of carbonyl (C=O) groups is 2. The molecule has 1 aromatic carbocycles. The summed E-state index contributed by atoms with van der Waals surface area (Å²) in [5.41, 5.74) is 9.36. The molecule has 0 saturated carbocycles. The van der Waals surface area contributed by atoms with Crippen molar-refractivity contribution in [3.63, 3.8) is 0 Å². The van der Waals surface area contributed by atoms with Crippen LogP contribution in [0.25, 0.3) is 0 Å². The van der Waals surface area contributed by atoms with Crippen molar-refractivity contribution in [2.24, 2.45) is 5.41 Å². The third-order valence-electron chi connectivity index (χ3n) is 7.59. The number of piperidine rings is 1. The molecule has 2 unspecified atom stereocenters. The number of benzene rings is 1. The predicted molar refractivity (Wildman–Crippen MR) is 155 cm³/mol. The molecule has 38 heavy (non-hydrogen) atoms. The summed E-state index contributed by atoms with van der Waals surface area (Å²) in [6.45, 7) is 10.5. The molecule has 2 aromatic rings. The van der Waals surface area contributed by atoms with E-state index < -0.39 is 0 Å². The molecule has 0 spiro atoms. The number of hydrogen-bond donors (Lipinski definition) is 3. The van der Waals surface area contributed by atoms with Gasteiger partial charge >= 0.3 is 0 Å². The van der Waals surface area contributed by atoms with E-state index in [1.165, 1.54) is 0 Å². The number of anilines is 3. The summed E-state index contributed by atoms with van der Waals surface area (Å²) in [5, 5.41) is 6.64. The number of carbonyl (C=O) groups excluding carboxylic acids is 2. The number of aromatic nitrogens is 1. The van der Waals surface area contributed by atoms with Crippen molar-refractivity contribution >= 4 is 44.8 Å². The number of rotatable bonds is 6. The first-order chi connectivity index (χ1) is 18.0. The molecule has 0 radical (unpaired) electrons. The molecule has 2 saturated heterocycles. The van der Waals surface area contributed by atoms with Crippen LogP contribution >= 0.6 is 15.9 Å². The zero-order valence-electron chi connectivity index (χ0n) is 22.9. The molecule has 2 aliphatic rings. The minimum atomic E-state index is -0.0943. The molecule has 2 amide bonds. The maximum Gasteiger partial charge on any atom is 0.256 e. The molecule has 4 atom stereocenters. The Morgan fingerprint density at radius 1 is 1.13 bits per heavy atom. The van der Waals surface area contributed by atoms with Gasteiger partial charge < -0.3 is 30.9 Å². The van der Waals surface area contributed by atoms with Crippen LogP contribution in [0.15, 0.2) is 35.1 Å². The molecule has 0 bridgehead atoms. The first-order valence-corrected chi connectivity index (χ1v) is 14.0. The van der Waals surface area contributed by atoms with Crippen LogP contribution in [0.4, 0.5) is 17.1 Å². The van der Waals surface area contributed by atoms with Gasteiger partial charge in [-0.2, -0.15) is 0 Å². The van der Waals surface area contributed by atoms with Gasteiger partial charge in [-0.1, -0.05) is 29.8 Å². The van der Waals surface area contributed by atoms with Crippen LogP contribution in [-0.4, -0.2) is 78.1 Å². The lowest BCUT2D eigenvalue weighted by Gasteiger charge is -2.45. The number of amides is 2. The van der Waals surface area contributed by atoms with Crippen LogP contribution < -0.4 is 16.4 Å². The SMILES string of the molecule is CCC1(C)CC(Nc2c(N)cc(Br)cc2C(=O)N2C[C@@H](C)O[C@@H](C)C2)CN(C(=O)c2cncc(NC)c2)C1. The topological polar surface area (TPSA) is 113 Å². The van der Waals surface area contributed by atoms with E-state index in [2.05, 4.69) is 45.4 Å². The zero-order chi connectivity index (χ0) is 27.6. The highest BCUT2D eigenvalue weighted by atomic mass is 79.9. The van der Waals surface area contributed by atoms with Crippen molar-refractivity contribution < 1.29 is 14.3 Å². The molecular formula is C28H39BrN6O3. The lowest BCUT2D eigenvalue weighted by Crippen LogP contribution is -2.53. The Hall–Kier alpha value is -2.85. The first-order valence-electron chi connectivity index (χ1n) is 13.2. The highest BCUT2D eigenvalue weighted by Crippen LogP contribution is 2.37. The van der Waals surface area contributed by atoms with Crippen molar-refractivity contribution in [3.8, 4) is 0 Å². The van der Waals surface area contributed by atoms with Crippen molar-refractivity contribution in [3.05, 3.63) is 46.2 Å². The Morgan fingerprint density at radius 3 is 2.50 bits per heavy atom. The smallest absolute Gasteiger partial charge is 0.256 e. The fourth-order valence-electron chi connectivity index (χ4n) is 5.57. The predicted octanol–water partition coefficient (Wildman–Crippen LogP) is 4.46. The summed E-state index contributed by atoms with van der Waals surface area (Å²) >= 11 is 3.52. The molecule has 206 valence electrons. The molecular weight excluding hydrogens is 548 g/mol. The zero-order valence-corrected chi connectivity index (χ0v) is 24.5. The Labute approximate surface area is 233 Å². The first kappa shape index (κ1) is 28.2. The molecule has 4 N–H and O–H groups in total. The summed E-state index contributed by atoms with van der Waals surface area (Å²) in [6, 6.07) is 5.37. The average Bonchev–Trinajstić information content (AvgIpc) is 2.88. The van der Waals surface area contributed by atoms with Gasteiger partial charge in [0.2, 0.25) is 0 Å². The Kier molecular flexibility index (Phi) is 8.52. The number of nitrogens with two attached hydrogens (primary N) is 1. The quantitative estimate of drug-likeness (QED) is 0.428. The fourth-order valence-corrected chi connectivity index (χ4v) is 6.05. The van der Waals surface area contributed by atoms with E-state index in [4.69, 9.17) is 10.5 Å². The third kappa shape index (κ3) is 6.23.